The quantitative estimate of drug-likeness (QED) is 0.611. The molecular weight excluding hydrogens is 408 g/mol. The molecule has 162 valence electrons. The number of hydrogen-bond donors (Lipinski definition) is 0. The fraction of sp³-hybridized carbons (Fsp3) is 0.478. The van der Waals surface area contributed by atoms with Gasteiger partial charge < -0.3 is 9.80 Å². The van der Waals surface area contributed by atoms with Gasteiger partial charge in [0.2, 0.25) is 5.95 Å². The summed E-state index contributed by atoms with van der Waals surface area (Å²) in [5.74, 6) is 1.26. The van der Waals surface area contributed by atoms with Gasteiger partial charge in [0.15, 0.2) is 0 Å². The van der Waals surface area contributed by atoms with Crippen LogP contribution in [0.2, 0.25) is 0 Å². The molecule has 2 saturated heterocycles. The van der Waals surface area contributed by atoms with Crippen molar-refractivity contribution in [3.8, 4) is 0 Å². The molecule has 0 spiro atoms. The second-order valence-corrected chi connectivity index (χ2v) is 9.66. The fourth-order valence-electron chi connectivity index (χ4n) is 4.70. The molecule has 2 aliphatic heterocycles. The molecule has 0 saturated carbocycles. The summed E-state index contributed by atoms with van der Waals surface area (Å²) in [6, 6.07) is 6.10. The molecular formula is C23H28N6OS. The zero-order valence-electron chi connectivity index (χ0n) is 18.1. The molecule has 3 aromatic rings. The van der Waals surface area contributed by atoms with Gasteiger partial charge in [-0.3, -0.25) is 9.69 Å². The molecule has 0 N–H and O–H groups in total. The third kappa shape index (κ3) is 4.02. The van der Waals surface area contributed by atoms with Crippen LogP contribution in [0.4, 0.5) is 5.95 Å². The summed E-state index contributed by atoms with van der Waals surface area (Å²) in [7, 11) is 3.63. The first-order chi connectivity index (χ1) is 15.1. The highest BCUT2D eigenvalue weighted by Crippen LogP contribution is 2.40. The third-order valence-electron chi connectivity index (χ3n) is 6.26. The highest BCUT2D eigenvalue weighted by atomic mass is 32.1. The maximum absolute atomic E-state index is 12.9. The van der Waals surface area contributed by atoms with Gasteiger partial charge >= 0.3 is 0 Å². The normalized spacial score (nSPS) is 19.4. The minimum atomic E-state index is 0.0718. The summed E-state index contributed by atoms with van der Waals surface area (Å²) >= 11 is 1.52. The highest BCUT2D eigenvalue weighted by molar-refractivity contribution is 7.20. The largest absolute Gasteiger partial charge is 0.344 e. The van der Waals surface area contributed by atoms with E-state index in [1.807, 2.05) is 32.4 Å². The number of pyridine rings is 1. The second-order valence-electron chi connectivity index (χ2n) is 8.66. The maximum Gasteiger partial charge on any atom is 0.263 e. The zero-order chi connectivity index (χ0) is 21.4. The summed E-state index contributed by atoms with van der Waals surface area (Å²) in [5, 5.41) is 1.13. The average Bonchev–Trinajstić information content (AvgIpc) is 3.52. The van der Waals surface area contributed by atoms with Gasteiger partial charge in [-0.15, -0.1) is 11.3 Å². The molecule has 5 heterocycles. The van der Waals surface area contributed by atoms with Crippen LogP contribution in [0.1, 0.15) is 46.1 Å². The van der Waals surface area contributed by atoms with Crippen molar-refractivity contribution >= 4 is 33.4 Å². The molecule has 0 aromatic carbocycles. The first-order valence-electron chi connectivity index (χ1n) is 11.0. The van der Waals surface area contributed by atoms with Gasteiger partial charge in [-0.25, -0.2) is 15.0 Å². The zero-order valence-corrected chi connectivity index (χ0v) is 18.9. The Morgan fingerprint density at radius 2 is 2.00 bits per heavy atom. The average molecular weight is 437 g/mol. The van der Waals surface area contributed by atoms with Gasteiger partial charge in [0, 0.05) is 64.0 Å². The molecule has 5 rings (SSSR count). The molecule has 0 aliphatic carbocycles. The van der Waals surface area contributed by atoms with E-state index in [2.05, 4.69) is 25.8 Å². The van der Waals surface area contributed by atoms with Crippen molar-refractivity contribution in [1.29, 1.82) is 0 Å². The summed E-state index contributed by atoms with van der Waals surface area (Å²) < 4.78 is 0. The number of anilines is 1. The van der Waals surface area contributed by atoms with E-state index in [0.717, 1.165) is 65.9 Å². The Labute approximate surface area is 186 Å². The smallest absolute Gasteiger partial charge is 0.263 e. The number of carbonyl (C=O) groups is 1. The van der Waals surface area contributed by atoms with Crippen LogP contribution in [0.15, 0.2) is 30.6 Å². The number of hydrogen-bond acceptors (Lipinski definition) is 7. The van der Waals surface area contributed by atoms with Gasteiger partial charge in [0.25, 0.3) is 5.91 Å². The van der Waals surface area contributed by atoms with Crippen molar-refractivity contribution in [2.45, 2.75) is 31.7 Å². The van der Waals surface area contributed by atoms with Crippen LogP contribution in [-0.2, 0) is 6.54 Å². The van der Waals surface area contributed by atoms with Crippen LogP contribution in [-0.4, -0.2) is 70.9 Å². The van der Waals surface area contributed by atoms with E-state index < -0.39 is 0 Å². The van der Waals surface area contributed by atoms with Crippen molar-refractivity contribution in [3.63, 3.8) is 0 Å². The Morgan fingerprint density at radius 3 is 2.81 bits per heavy atom. The van der Waals surface area contributed by atoms with Crippen molar-refractivity contribution in [2.24, 2.45) is 0 Å². The van der Waals surface area contributed by atoms with Gasteiger partial charge in [-0.05, 0) is 43.5 Å². The number of rotatable bonds is 5. The summed E-state index contributed by atoms with van der Waals surface area (Å²) in [4.78, 5) is 34.9. The first-order valence-corrected chi connectivity index (χ1v) is 11.8. The van der Waals surface area contributed by atoms with Crippen LogP contribution >= 0.6 is 11.3 Å². The summed E-state index contributed by atoms with van der Waals surface area (Å²) in [6.07, 6.45) is 7.17. The minimum Gasteiger partial charge on any atom is -0.344 e. The fourth-order valence-corrected chi connectivity index (χ4v) is 5.95. The Kier molecular flexibility index (Phi) is 5.58. The van der Waals surface area contributed by atoms with Crippen LogP contribution in [0.25, 0.3) is 10.2 Å². The molecule has 0 bridgehead atoms. The number of fused-ring (bicyclic) bond motifs is 1. The lowest BCUT2D eigenvalue weighted by Gasteiger charge is -2.19. The predicted molar refractivity (Wildman–Crippen MR) is 124 cm³/mol. The van der Waals surface area contributed by atoms with E-state index in [1.54, 1.807) is 11.1 Å². The van der Waals surface area contributed by atoms with E-state index in [4.69, 9.17) is 4.98 Å². The molecule has 3 aromatic heterocycles. The molecule has 7 nitrogen and oxygen atoms in total. The van der Waals surface area contributed by atoms with E-state index >= 15 is 0 Å². The summed E-state index contributed by atoms with van der Waals surface area (Å²) in [5.41, 5.74) is 2.24. The Hall–Kier alpha value is -2.58. The van der Waals surface area contributed by atoms with Crippen molar-refractivity contribution in [2.75, 3.05) is 45.2 Å². The standard InChI is InChI=1S/C23H28N6OS/c1-27(2)22(30)20-19(18-6-5-9-24-21(18)31-20)16-8-13-28(14-16)15-17-7-10-25-23(26-17)29-11-3-4-12-29/h5-7,9-10,16H,3-4,8,11-15H2,1-2H3. The number of aromatic nitrogens is 3. The molecule has 2 fully saturated rings. The molecule has 1 amide bonds. The summed E-state index contributed by atoms with van der Waals surface area (Å²) in [6.45, 7) is 4.85. The van der Waals surface area contributed by atoms with Gasteiger partial charge in [0.05, 0.1) is 10.6 Å². The highest BCUT2D eigenvalue weighted by Gasteiger charge is 2.31. The lowest BCUT2D eigenvalue weighted by Crippen LogP contribution is -2.24. The number of amides is 1. The van der Waals surface area contributed by atoms with Crippen molar-refractivity contribution in [3.05, 3.63) is 46.7 Å². The lowest BCUT2D eigenvalue weighted by atomic mass is 9.95. The predicted octanol–water partition coefficient (Wildman–Crippen LogP) is 3.38. The molecule has 1 atom stereocenters. The van der Waals surface area contributed by atoms with Gasteiger partial charge in [-0.2, -0.15) is 0 Å². The van der Waals surface area contributed by atoms with E-state index in [0.29, 0.717) is 5.92 Å². The molecule has 31 heavy (non-hydrogen) atoms. The van der Waals surface area contributed by atoms with Crippen LogP contribution in [0.5, 0.6) is 0 Å². The lowest BCUT2D eigenvalue weighted by molar-refractivity contribution is 0.0831. The topological polar surface area (TPSA) is 65.5 Å². The van der Waals surface area contributed by atoms with E-state index in [1.165, 1.54) is 29.7 Å². The molecule has 1 unspecified atom stereocenters. The number of nitrogens with zero attached hydrogens (tertiary/aromatic N) is 6. The Morgan fingerprint density at radius 1 is 1.16 bits per heavy atom. The van der Waals surface area contributed by atoms with Crippen molar-refractivity contribution < 1.29 is 4.79 Å². The molecule has 8 heteroatoms. The molecule has 2 aliphatic rings. The van der Waals surface area contributed by atoms with Crippen LogP contribution < -0.4 is 4.90 Å². The Balaban J connectivity index is 1.36. The van der Waals surface area contributed by atoms with E-state index in [-0.39, 0.29) is 5.91 Å². The van der Waals surface area contributed by atoms with Crippen LogP contribution in [0.3, 0.4) is 0 Å². The SMILES string of the molecule is CN(C)C(=O)c1sc2ncccc2c1C1CCN(Cc2ccnc(N3CCCC3)n2)C1. The minimum absolute atomic E-state index is 0.0718. The third-order valence-corrected chi connectivity index (χ3v) is 7.38. The number of likely N-dealkylation sites (tertiary alicyclic amines) is 1. The van der Waals surface area contributed by atoms with Gasteiger partial charge in [0.1, 0.15) is 4.83 Å². The monoisotopic (exact) mass is 436 g/mol. The van der Waals surface area contributed by atoms with E-state index in [9.17, 15) is 4.79 Å². The molecule has 0 radical (unpaired) electrons. The first kappa shape index (κ1) is 20.3. The van der Waals surface area contributed by atoms with Gasteiger partial charge in [-0.1, -0.05) is 6.07 Å². The number of carbonyl (C=O) groups excluding carboxylic acids is 1. The maximum atomic E-state index is 12.9. The van der Waals surface area contributed by atoms with Crippen LogP contribution in [0, 0.1) is 0 Å². The Bertz CT molecular complexity index is 1090. The number of thiophene rings is 1. The second kappa shape index (κ2) is 8.51. The van der Waals surface area contributed by atoms with Crippen molar-refractivity contribution in [1.82, 2.24) is 24.8 Å².